The highest BCUT2D eigenvalue weighted by Gasteiger charge is 2.15. The molecule has 0 aliphatic carbocycles. The Hall–Kier alpha value is -2.96. The minimum Gasteiger partial charge on any atom is -0.465 e. The van der Waals surface area contributed by atoms with Gasteiger partial charge in [0.2, 0.25) is 0 Å². The number of carbonyl (C=O) groups is 1. The molecule has 106 valence electrons. The van der Waals surface area contributed by atoms with Gasteiger partial charge in [0.15, 0.2) is 0 Å². The fourth-order valence-corrected chi connectivity index (χ4v) is 2.24. The zero-order chi connectivity index (χ0) is 15.1. The van der Waals surface area contributed by atoms with E-state index in [2.05, 4.69) is 9.72 Å². The lowest BCUT2D eigenvalue weighted by Gasteiger charge is -2.09. The van der Waals surface area contributed by atoms with E-state index in [1.807, 2.05) is 0 Å². The van der Waals surface area contributed by atoms with Gasteiger partial charge in [-0.3, -0.25) is 14.6 Å². The first-order valence-corrected chi connectivity index (χ1v) is 6.18. The number of hydrogen-bond acceptors (Lipinski definition) is 5. The number of aryl methyl sites for hydroxylation is 1. The van der Waals surface area contributed by atoms with Crippen LogP contribution in [0.4, 0.5) is 0 Å². The zero-order valence-corrected chi connectivity index (χ0v) is 11.5. The molecule has 0 amide bonds. The van der Waals surface area contributed by atoms with Crippen LogP contribution >= 0.6 is 0 Å². The van der Waals surface area contributed by atoms with Gasteiger partial charge in [-0.25, -0.2) is 9.78 Å². The van der Waals surface area contributed by atoms with Gasteiger partial charge in [0.1, 0.15) is 22.3 Å². The molecule has 0 saturated carbocycles. The lowest BCUT2D eigenvalue weighted by atomic mass is 10.2. The molecule has 0 aromatic carbocycles. The van der Waals surface area contributed by atoms with Crippen LogP contribution < -0.4 is 11.0 Å². The smallest absolute Gasteiger partial charge is 0.341 e. The fourth-order valence-electron chi connectivity index (χ4n) is 2.24. The van der Waals surface area contributed by atoms with Crippen molar-refractivity contribution in [2.75, 3.05) is 7.11 Å². The molecule has 7 nitrogen and oxygen atoms in total. The molecule has 0 spiro atoms. The fraction of sp³-hybridized carbons (Fsp3) is 0.143. The van der Waals surface area contributed by atoms with Gasteiger partial charge in [-0.05, 0) is 18.2 Å². The maximum Gasteiger partial charge on any atom is 0.341 e. The quantitative estimate of drug-likeness (QED) is 0.519. The summed E-state index contributed by atoms with van der Waals surface area (Å²) >= 11 is 0. The SMILES string of the molecule is COC(=O)c1cc2c(=O)n3ccccc3nc2n(C)c1=N. The molecule has 3 aromatic heterocycles. The molecule has 7 heteroatoms. The van der Waals surface area contributed by atoms with Crippen LogP contribution in [-0.4, -0.2) is 27.0 Å². The monoisotopic (exact) mass is 284 g/mol. The first-order chi connectivity index (χ1) is 10.0. The van der Waals surface area contributed by atoms with E-state index in [4.69, 9.17) is 5.41 Å². The normalized spacial score (nSPS) is 11.0. The molecular weight excluding hydrogens is 272 g/mol. The average Bonchev–Trinajstić information content (AvgIpc) is 2.51. The number of esters is 1. The van der Waals surface area contributed by atoms with Gasteiger partial charge in [0.05, 0.1) is 12.5 Å². The van der Waals surface area contributed by atoms with E-state index in [9.17, 15) is 9.59 Å². The highest BCUT2D eigenvalue weighted by atomic mass is 16.5. The minimum absolute atomic E-state index is 0.0299. The maximum atomic E-state index is 12.5. The van der Waals surface area contributed by atoms with Crippen LogP contribution in [0.25, 0.3) is 16.7 Å². The number of fused-ring (bicyclic) bond motifs is 2. The van der Waals surface area contributed by atoms with E-state index in [0.29, 0.717) is 11.3 Å². The standard InChI is InChI=1S/C14H12N4O3/c1-17-11(15)8(14(20)21-2)7-9-12(17)16-10-5-3-4-6-18(10)13(9)19/h3-7,15H,1-2H3. The van der Waals surface area contributed by atoms with Crippen molar-refractivity contribution < 1.29 is 9.53 Å². The second-order valence-corrected chi connectivity index (χ2v) is 4.54. The van der Waals surface area contributed by atoms with Crippen molar-refractivity contribution in [2.24, 2.45) is 7.05 Å². The lowest BCUT2D eigenvalue weighted by Crippen LogP contribution is -2.28. The number of aromatic nitrogens is 3. The molecule has 0 unspecified atom stereocenters. The summed E-state index contributed by atoms with van der Waals surface area (Å²) in [5.41, 5.74) is 0.514. The number of nitrogens with one attached hydrogen (secondary N) is 1. The van der Waals surface area contributed by atoms with Crippen LogP contribution in [0.1, 0.15) is 10.4 Å². The Morgan fingerprint density at radius 2 is 2.14 bits per heavy atom. The Morgan fingerprint density at radius 3 is 2.86 bits per heavy atom. The third-order valence-corrected chi connectivity index (χ3v) is 3.35. The Bertz CT molecular complexity index is 1000. The predicted octanol–water partition coefficient (Wildman–Crippen LogP) is 0.452. The Labute approximate surface area is 118 Å². The van der Waals surface area contributed by atoms with Gasteiger partial charge < -0.3 is 9.30 Å². The summed E-state index contributed by atoms with van der Waals surface area (Å²) in [5.74, 6) is -0.657. The van der Waals surface area contributed by atoms with Gasteiger partial charge >= 0.3 is 5.97 Å². The molecule has 21 heavy (non-hydrogen) atoms. The molecule has 3 heterocycles. The number of hydrogen-bond donors (Lipinski definition) is 1. The van der Waals surface area contributed by atoms with Gasteiger partial charge in [-0.2, -0.15) is 0 Å². The highest BCUT2D eigenvalue weighted by molar-refractivity contribution is 5.92. The summed E-state index contributed by atoms with van der Waals surface area (Å²) in [6.07, 6.45) is 1.61. The van der Waals surface area contributed by atoms with Crippen molar-refractivity contribution in [1.82, 2.24) is 14.0 Å². The largest absolute Gasteiger partial charge is 0.465 e. The van der Waals surface area contributed by atoms with Gasteiger partial charge in [-0.1, -0.05) is 6.07 Å². The number of methoxy groups -OCH3 is 1. The van der Waals surface area contributed by atoms with Crippen LogP contribution in [-0.2, 0) is 11.8 Å². The van der Waals surface area contributed by atoms with Crippen LogP contribution in [0.3, 0.4) is 0 Å². The Kier molecular flexibility index (Phi) is 2.83. The summed E-state index contributed by atoms with van der Waals surface area (Å²) in [4.78, 5) is 28.6. The molecule has 0 radical (unpaired) electrons. The molecule has 3 rings (SSSR count). The summed E-state index contributed by atoms with van der Waals surface area (Å²) in [6, 6.07) is 6.57. The highest BCUT2D eigenvalue weighted by Crippen LogP contribution is 2.09. The van der Waals surface area contributed by atoms with Gasteiger partial charge in [-0.15, -0.1) is 0 Å². The molecule has 3 aromatic rings. The second-order valence-electron chi connectivity index (χ2n) is 4.54. The lowest BCUT2D eigenvalue weighted by molar-refractivity contribution is 0.0597. The number of carbonyl (C=O) groups excluding carboxylic acids is 1. The van der Waals surface area contributed by atoms with Crippen molar-refractivity contribution in [3.63, 3.8) is 0 Å². The number of ether oxygens (including phenoxy) is 1. The number of nitrogens with zero attached hydrogens (tertiary/aromatic N) is 3. The Morgan fingerprint density at radius 1 is 1.38 bits per heavy atom. The van der Waals surface area contributed by atoms with E-state index in [1.165, 1.54) is 22.1 Å². The Balaban J connectivity index is 2.56. The van der Waals surface area contributed by atoms with E-state index in [-0.39, 0.29) is 22.0 Å². The molecule has 0 fully saturated rings. The van der Waals surface area contributed by atoms with Crippen molar-refractivity contribution in [2.45, 2.75) is 0 Å². The van der Waals surface area contributed by atoms with Crippen LogP contribution in [0.2, 0.25) is 0 Å². The first-order valence-electron chi connectivity index (χ1n) is 6.18. The molecule has 1 N–H and O–H groups in total. The summed E-state index contributed by atoms with van der Waals surface area (Å²) < 4.78 is 7.44. The van der Waals surface area contributed by atoms with E-state index >= 15 is 0 Å². The molecule has 0 aliphatic rings. The average molecular weight is 284 g/mol. The van der Waals surface area contributed by atoms with Crippen molar-refractivity contribution in [1.29, 1.82) is 5.41 Å². The molecule has 0 saturated heterocycles. The van der Waals surface area contributed by atoms with Crippen LogP contribution in [0.15, 0.2) is 35.3 Å². The first kappa shape index (κ1) is 13.0. The molecular formula is C14H12N4O3. The summed E-state index contributed by atoms with van der Waals surface area (Å²) in [6.45, 7) is 0. The number of rotatable bonds is 1. The van der Waals surface area contributed by atoms with Crippen LogP contribution in [0.5, 0.6) is 0 Å². The molecule has 0 aliphatic heterocycles. The predicted molar refractivity (Wildman–Crippen MR) is 75.1 cm³/mol. The minimum atomic E-state index is -0.657. The second kappa shape index (κ2) is 4.55. The summed E-state index contributed by atoms with van der Waals surface area (Å²) in [7, 11) is 2.82. The van der Waals surface area contributed by atoms with E-state index in [1.54, 1.807) is 31.4 Å². The molecule has 0 bridgehead atoms. The van der Waals surface area contributed by atoms with E-state index in [0.717, 1.165) is 0 Å². The van der Waals surface area contributed by atoms with Crippen molar-refractivity contribution >= 4 is 22.6 Å². The van der Waals surface area contributed by atoms with Crippen molar-refractivity contribution in [3.8, 4) is 0 Å². The van der Waals surface area contributed by atoms with Gasteiger partial charge in [0, 0.05) is 13.2 Å². The topological polar surface area (TPSA) is 89.4 Å². The zero-order valence-electron chi connectivity index (χ0n) is 11.5. The number of pyridine rings is 2. The van der Waals surface area contributed by atoms with E-state index < -0.39 is 5.97 Å². The van der Waals surface area contributed by atoms with Crippen LogP contribution in [0, 0.1) is 5.41 Å². The third kappa shape index (κ3) is 1.82. The summed E-state index contributed by atoms with van der Waals surface area (Å²) in [5, 5.41) is 8.26. The third-order valence-electron chi connectivity index (χ3n) is 3.35. The maximum absolute atomic E-state index is 12.5. The van der Waals surface area contributed by atoms with Gasteiger partial charge in [0.25, 0.3) is 5.56 Å². The van der Waals surface area contributed by atoms with Crippen molar-refractivity contribution in [3.05, 3.63) is 51.9 Å². The molecule has 0 atom stereocenters.